The van der Waals surface area contributed by atoms with Gasteiger partial charge in [0.1, 0.15) is 36.4 Å². The number of carbonyl (C=O) groups is 1. The number of nitrogens with one attached hydrogen (secondary N) is 1. The van der Waals surface area contributed by atoms with Gasteiger partial charge in [0, 0.05) is 21.3 Å². The zero-order valence-electron chi connectivity index (χ0n) is 17.6. The van der Waals surface area contributed by atoms with Gasteiger partial charge in [-0.05, 0) is 61.0 Å². The standard InChI is InChI=1S/C25H19Cl3N2O3/c1-16-4-2-3-5-23(16)30-25(31)18(15-29)12-17-13-20(27)14-22(28)24(17)33-11-10-32-21-8-6-19(26)7-9-21/h2-9,12-14H,10-11H2,1H3,(H,30,31). The molecule has 0 aliphatic carbocycles. The number of amides is 1. The van der Waals surface area contributed by atoms with E-state index in [2.05, 4.69) is 5.32 Å². The molecule has 0 heterocycles. The molecule has 0 saturated carbocycles. The van der Waals surface area contributed by atoms with Gasteiger partial charge in [0.25, 0.3) is 5.91 Å². The second-order valence-electron chi connectivity index (χ2n) is 6.90. The maximum absolute atomic E-state index is 12.7. The lowest BCUT2D eigenvalue weighted by Crippen LogP contribution is -2.14. The normalized spacial score (nSPS) is 10.9. The summed E-state index contributed by atoms with van der Waals surface area (Å²) in [5, 5.41) is 13.5. The Labute approximate surface area is 207 Å². The number of hydrogen-bond acceptors (Lipinski definition) is 4. The van der Waals surface area contributed by atoms with Gasteiger partial charge in [0.15, 0.2) is 0 Å². The Balaban J connectivity index is 1.76. The fourth-order valence-electron chi connectivity index (χ4n) is 2.88. The van der Waals surface area contributed by atoms with Crippen LogP contribution < -0.4 is 14.8 Å². The van der Waals surface area contributed by atoms with Crippen LogP contribution in [0.5, 0.6) is 11.5 Å². The zero-order valence-corrected chi connectivity index (χ0v) is 19.8. The summed E-state index contributed by atoms with van der Waals surface area (Å²) < 4.78 is 11.4. The van der Waals surface area contributed by atoms with Gasteiger partial charge in [-0.2, -0.15) is 5.26 Å². The minimum absolute atomic E-state index is 0.126. The summed E-state index contributed by atoms with van der Waals surface area (Å²) in [6.07, 6.45) is 1.39. The van der Waals surface area contributed by atoms with Gasteiger partial charge in [-0.3, -0.25) is 4.79 Å². The van der Waals surface area contributed by atoms with E-state index in [-0.39, 0.29) is 29.6 Å². The number of ether oxygens (including phenoxy) is 2. The van der Waals surface area contributed by atoms with Crippen molar-refractivity contribution in [2.24, 2.45) is 0 Å². The predicted octanol–water partition coefficient (Wildman–Crippen LogP) is 6.96. The lowest BCUT2D eigenvalue weighted by Gasteiger charge is -2.13. The van der Waals surface area contributed by atoms with E-state index in [1.54, 1.807) is 42.5 Å². The number of aryl methyl sites for hydroxylation is 1. The molecular formula is C25H19Cl3N2O3. The van der Waals surface area contributed by atoms with Crippen molar-refractivity contribution in [1.82, 2.24) is 0 Å². The quantitative estimate of drug-likeness (QED) is 0.206. The molecule has 3 rings (SSSR count). The van der Waals surface area contributed by atoms with Crippen LogP contribution in [0.15, 0.2) is 66.2 Å². The first kappa shape index (κ1) is 24.5. The van der Waals surface area contributed by atoms with Crippen LogP contribution in [0, 0.1) is 18.3 Å². The Morgan fingerprint density at radius 1 is 1.00 bits per heavy atom. The first-order chi connectivity index (χ1) is 15.9. The lowest BCUT2D eigenvalue weighted by molar-refractivity contribution is -0.112. The predicted molar refractivity (Wildman–Crippen MR) is 132 cm³/mol. The molecule has 1 N–H and O–H groups in total. The minimum atomic E-state index is -0.556. The molecule has 33 heavy (non-hydrogen) atoms. The third kappa shape index (κ3) is 6.90. The SMILES string of the molecule is Cc1ccccc1NC(=O)C(C#N)=Cc1cc(Cl)cc(Cl)c1OCCOc1ccc(Cl)cc1. The number of halogens is 3. The van der Waals surface area contributed by atoms with Crippen LogP contribution in [-0.2, 0) is 4.79 Å². The second-order valence-corrected chi connectivity index (χ2v) is 8.18. The Bertz CT molecular complexity index is 1220. The molecule has 0 unspecified atom stereocenters. The Kier molecular flexibility index (Phi) is 8.62. The molecule has 0 aliphatic rings. The number of para-hydroxylation sites is 1. The largest absolute Gasteiger partial charge is 0.490 e. The fourth-order valence-corrected chi connectivity index (χ4v) is 3.57. The number of nitriles is 1. The van der Waals surface area contributed by atoms with Crippen LogP contribution in [0.1, 0.15) is 11.1 Å². The van der Waals surface area contributed by atoms with Crippen LogP contribution in [0.3, 0.4) is 0 Å². The molecule has 168 valence electrons. The summed E-state index contributed by atoms with van der Waals surface area (Å²) in [5.41, 5.74) is 1.76. The molecule has 0 aromatic heterocycles. The van der Waals surface area contributed by atoms with Crippen LogP contribution in [0.2, 0.25) is 15.1 Å². The maximum atomic E-state index is 12.7. The highest BCUT2D eigenvalue weighted by Crippen LogP contribution is 2.34. The smallest absolute Gasteiger partial charge is 0.266 e. The number of nitrogens with zero attached hydrogens (tertiary/aromatic N) is 1. The third-order valence-electron chi connectivity index (χ3n) is 4.51. The third-order valence-corrected chi connectivity index (χ3v) is 5.26. The molecule has 8 heteroatoms. The summed E-state index contributed by atoms with van der Waals surface area (Å²) in [7, 11) is 0. The summed E-state index contributed by atoms with van der Waals surface area (Å²) in [6, 6.07) is 19.2. The highest BCUT2D eigenvalue weighted by atomic mass is 35.5. The van der Waals surface area contributed by atoms with Crippen LogP contribution in [-0.4, -0.2) is 19.1 Å². The monoisotopic (exact) mass is 500 g/mol. The van der Waals surface area contributed by atoms with E-state index in [4.69, 9.17) is 44.3 Å². The zero-order chi connectivity index (χ0) is 23.8. The first-order valence-corrected chi connectivity index (χ1v) is 11.0. The van der Waals surface area contributed by atoms with Crippen LogP contribution in [0.25, 0.3) is 6.08 Å². The average Bonchev–Trinajstić information content (AvgIpc) is 2.78. The number of benzene rings is 3. The number of anilines is 1. The molecule has 0 aliphatic heterocycles. The lowest BCUT2D eigenvalue weighted by atomic mass is 10.1. The molecule has 3 aromatic carbocycles. The number of hydrogen-bond donors (Lipinski definition) is 1. The minimum Gasteiger partial charge on any atom is -0.490 e. The fraction of sp³-hybridized carbons (Fsp3) is 0.120. The molecule has 0 radical (unpaired) electrons. The Morgan fingerprint density at radius 3 is 2.39 bits per heavy atom. The topological polar surface area (TPSA) is 71.4 Å². The van der Waals surface area contributed by atoms with Crippen LogP contribution in [0.4, 0.5) is 5.69 Å². The van der Waals surface area contributed by atoms with Crippen molar-refractivity contribution in [2.75, 3.05) is 18.5 Å². The molecular weight excluding hydrogens is 483 g/mol. The second kappa shape index (κ2) is 11.6. The van der Waals surface area contributed by atoms with Crippen molar-refractivity contribution in [3.8, 4) is 17.6 Å². The number of carbonyl (C=O) groups excluding carboxylic acids is 1. The van der Waals surface area contributed by atoms with Gasteiger partial charge in [-0.15, -0.1) is 0 Å². The summed E-state index contributed by atoms with van der Waals surface area (Å²) >= 11 is 18.3. The van der Waals surface area contributed by atoms with Gasteiger partial charge in [0.2, 0.25) is 0 Å². The van der Waals surface area contributed by atoms with E-state index in [0.717, 1.165) is 5.56 Å². The van der Waals surface area contributed by atoms with Gasteiger partial charge in [-0.25, -0.2) is 0 Å². The van der Waals surface area contributed by atoms with E-state index < -0.39 is 5.91 Å². The summed E-state index contributed by atoms with van der Waals surface area (Å²) in [4.78, 5) is 12.7. The van der Waals surface area contributed by atoms with Crippen LogP contribution >= 0.6 is 34.8 Å². The molecule has 0 saturated heterocycles. The van der Waals surface area contributed by atoms with Gasteiger partial charge < -0.3 is 14.8 Å². The summed E-state index contributed by atoms with van der Waals surface area (Å²) in [5.74, 6) is 0.377. The van der Waals surface area contributed by atoms with Gasteiger partial charge >= 0.3 is 0 Å². The van der Waals surface area contributed by atoms with Crippen molar-refractivity contribution < 1.29 is 14.3 Å². The molecule has 0 bridgehead atoms. The van der Waals surface area contributed by atoms with Gasteiger partial charge in [-0.1, -0.05) is 53.0 Å². The van der Waals surface area contributed by atoms with E-state index in [0.29, 0.717) is 27.0 Å². The maximum Gasteiger partial charge on any atom is 0.266 e. The molecule has 0 fully saturated rings. The molecule has 0 spiro atoms. The van der Waals surface area contributed by atoms with E-state index in [1.165, 1.54) is 12.1 Å². The number of rotatable bonds is 8. The highest BCUT2D eigenvalue weighted by Gasteiger charge is 2.15. The van der Waals surface area contributed by atoms with Crippen molar-refractivity contribution in [3.05, 3.63) is 92.4 Å². The molecule has 3 aromatic rings. The molecule has 1 amide bonds. The Hall–Kier alpha value is -3.17. The Morgan fingerprint density at radius 2 is 1.70 bits per heavy atom. The molecule has 5 nitrogen and oxygen atoms in total. The van der Waals surface area contributed by atoms with Gasteiger partial charge in [0.05, 0.1) is 5.02 Å². The van der Waals surface area contributed by atoms with Crippen molar-refractivity contribution in [1.29, 1.82) is 5.26 Å². The van der Waals surface area contributed by atoms with Crippen molar-refractivity contribution in [2.45, 2.75) is 6.92 Å². The summed E-state index contributed by atoms with van der Waals surface area (Å²) in [6.45, 7) is 2.27. The van der Waals surface area contributed by atoms with Crippen molar-refractivity contribution >= 4 is 52.5 Å². The van der Waals surface area contributed by atoms with E-state index in [1.807, 2.05) is 25.1 Å². The highest BCUT2D eigenvalue weighted by molar-refractivity contribution is 6.36. The molecule has 0 atom stereocenters. The van der Waals surface area contributed by atoms with Crippen molar-refractivity contribution in [3.63, 3.8) is 0 Å². The van der Waals surface area contributed by atoms with E-state index >= 15 is 0 Å². The van der Waals surface area contributed by atoms with E-state index in [9.17, 15) is 10.1 Å². The average molecular weight is 502 g/mol. The first-order valence-electron chi connectivity index (χ1n) is 9.86.